The first kappa shape index (κ1) is 13.0. The fraction of sp³-hybridized carbons (Fsp3) is 0.562. The summed E-state index contributed by atoms with van der Waals surface area (Å²) in [5.41, 5.74) is 5.10. The minimum Gasteiger partial charge on any atom is -0.288 e. The molecule has 2 aliphatic heterocycles. The van der Waals surface area contributed by atoms with Gasteiger partial charge in [-0.15, -0.1) is 0 Å². The first-order valence-electron chi connectivity index (χ1n) is 7.69. The Morgan fingerprint density at radius 1 is 1.29 bits per heavy atom. The molecule has 1 fully saturated rings. The van der Waals surface area contributed by atoms with Crippen molar-refractivity contribution in [2.24, 2.45) is 7.05 Å². The maximum atomic E-state index is 4.66. The number of aryl methyl sites for hydroxylation is 3. The molecule has 2 atom stereocenters. The summed E-state index contributed by atoms with van der Waals surface area (Å²) in [4.78, 5) is 11.7. The lowest BCUT2D eigenvalue weighted by Gasteiger charge is -2.35. The first-order chi connectivity index (χ1) is 10.1. The van der Waals surface area contributed by atoms with Crippen LogP contribution in [0.3, 0.4) is 0 Å². The van der Waals surface area contributed by atoms with Crippen molar-refractivity contribution >= 4 is 0 Å². The number of rotatable bonds is 2. The third-order valence-electron chi connectivity index (χ3n) is 4.92. The highest BCUT2D eigenvalue weighted by molar-refractivity contribution is 5.29. The maximum absolute atomic E-state index is 4.66. The van der Waals surface area contributed by atoms with Crippen LogP contribution in [-0.4, -0.2) is 30.7 Å². The molecular weight excluding hydrogens is 262 g/mol. The van der Waals surface area contributed by atoms with E-state index in [4.69, 9.17) is 0 Å². The van der Waals surface area contributed by atoms with Crippen LogP contribution in [0.4, 0.5) is 0 Å². The predicted molar refractivity (Wildman–Crippen MR) is 79.7 cm³/mol. The van der Waals surface area contributed by atoms with Crippen LogP contribution in [0, 0.1) is 13.8 Å². The Labute approximate surface area is 125 Å². The lowest BCUT2D eigenvalue weighted by atomic mass is 9.98. The lowest BCUT2D eigenvalue weighted by Crippen LogP contribution is -2.37. The number of hydrogen-bond donors (Lipinski definition) is 0. The quantitative estimate of drug-likeness (QED) is 0.846. The monoisotopic (exact) mass is 283 g/mol. The highest BCUT2D eigenvalue weighted by atomic mass is 15.3. The maximum Gasteiger partial charge on any atom is 0.125 e. The summed E-state index contributed by atoms with van der Waals surface area (Å²) in [5, 5.41) is 4.47. The molecule has 0 radical (unpaired) electrons. The van der Waals surface area contributed by atoms with Gasteiger partial charge in [0.1, 0.15) is 5.82 Å². The van der Waals surface area contributed by atoms with Gasteiger partial charge >= 0.3 is 0 Å². The SMILES string of the molecule is Cc1ncc2c(n1)CC1CCC2N1Cc1cn(C)nc1C. The van der Waals surface area contributed by atoms with Gasteiger partial charge in [0.15, 0.2) is 0 Å². The molecular formula is C16H21N5. The highest BCUT2D eigenvalue weighted by Gasteiger charge is 2.40. The fourth-order valence-electron chi connectivity index (χ4n) is 3.92. The van der Waals surface area contributed by atoms with E-state index in [1.54, 1.807) is 0 Å². The van der Waals surface area contributed by atoms with Crippen molar-refractivity contribution < 1.29 is 0 Å². The van der Waals surface area contributed by atoms with Crippen molar-refractivity contribution in [3.8, 4) is 0 Å². The van der Waals surface area contributed by atoms with Gasteiger partial charge in [-0.3, -0.25) is 9.58 Å². The third kappa shape index (κ3) is 2.07. The normalized spacial score (nSPS) is 24.3. The summed E-state index contributed by atoms with van der Waals surface area (Å²) in [7, 11) is 1.99. The standard InChI is InChI=1S/C16H21N5/c1-10-12(8-20(3)19-10)9-21-13-4-5-16(21)14-7-17-11(2)18-15(14)6-13/h7-8,13,16H,4-6,9H2,1-3H3. The van der Waals surface area contributed by atoms with Crippen molar-refractivity contribution in [1.29, 1.82) is 0 Å². The van der Waals surface area contributed by atoms with Crippen molar-refractivity contribution in [1.82, 2.24) is 24.6 Å². The van der Waals surface area contributed by atoms with Gasteiger partial charge in [-0.05, 0) is 26.7 Å². The van der Waals surface area contributed by atoms with Gasteiger partial charge in [0.25, 0.3) is 0 Å². The van der Waals surface area contributed by atoms with E-state index in [0.29, 0.717) is 12.1 Å². The first-order valence-corrected chi connectivity index (χ1v) is 7.69. The Morgan fingerprint density at radius 3 is 2.90 bits per heavy atom. The van der Waals surface area contributed by atoms with Crippen LogP contribution in [0.1, 0.15) is 47.2 Å². The third-order valence-corrected chi connectivity index (χ3v) is 4.92. The molecule has 2 aromatic heterocycles. The lowest BCUT2D eigenvalue weighted by molar-refractivity contribution is 0.165. The average molecular weight is 283 g/mol. The molecule has 0 amide bonds. The van der Waals surface area contributed by atoms with E-state index in [9.17, 15) is 0 Å². The molecule has 2 bridgehead atoms. The number of hydrogen-bond acceptors (Lipinski definition) is 4. The molecule has 0 aromatic carbocycles. The van der Waals surface area contributed by atoms with Crippen LogP contribution in [0.5, 0.6) is 0 Å². The number of nitrogens with zero attached hydrogens (tertiary/aromatic N) is 5. The second kappa shape index (κ2) is 4.63. The smallest absolute Gasteiger partial charge is 0.125 e. The molecule has 4 rings (SSSR count). The molecule has 2 aliphatic rings. The van der Waals surface area contributed by atoms with Crippen LogP contribution >= 0.6 is 0 Å². The predicted octanol–water partition coefficient (Wildman–Crippen LogP) is 2.09. The van der Waals surface area contributed by atoms with Gasteiger partial charge in [-0.2, -0.15) is 5.10 Å². The second-order valence-corrected chi connectivity index (χ2v) is 6.36. The topological polar surface area (TPSA) is 46.8 Å². The van der Waals surface area contributed by atoms with E-state index in [1.165, 1.54) is 29.7 Å². The summed E-state index contributed by atoms with van der Waals surface area (Å²) in [6.07, 6.45) is 7.75. The van der Waals surface area contributed by atoms with Gasteiger partial charge in [0.05, 0.1) is 11.4 Å². The van der Waals surface area contributed by atoms with Crippen molar-refractivity contribution in [2.45, 2.75) is 51.7 Å². The molecule has 21 heavy (non-hydrogen) atoms. The molecule has 2 unspecified atom stereocenters. The zero-order valence-electron chi connectivity index (χ0n) is 12.9. The van der Waals surface area contributed by atoms with Crippen molar-refractivity contribution in [2.75, 3.05) is 0 Å². The Hall–Kier alpha value is -1.75. The minimum absolute atomic E-state index is 0.485. The summed E-state index contributed by atoms with van der Waals surface area (Å²) in [6.45, 7) is 5.07. The van der Waals surface area contributed by atoms with E-state index >= 15 is 0 Å². The Bertz CT molecular complexity index is 690. The average Bonchev–Trinajstić information content (AvgIpc) is 2.89. The van der Waals surface area contributed by atoms with Crippen molar-refractivity contribution in [3.05, 3.63) is 40.7 Å². The van der Waals surface area contributed by atoms with Gasteiger partial charge < -0.3 is 0 Å². The Kier molecular flexibility index (Phi) is 2.85. The molecule has 0 saturated carbocycles. The largest absolute Gasteiger partial charge is 0.288 e. The van der Waals surface area contributed by atoms with E-state index in [1.807, 2.05) is 24.9 Å². The summed E-state index contributed by atoms with van der Waals surface area (Å²) in [5.74, 6) is 0.893. The zero-order valence-corrected chi connectivity index (χ0v) is 12.9. The van der Waals surface area contributed by atoms with Crippen LogP contribution in [-0.2, 0) is 20.0 Å². The van der Waals surface area contributed by atoms with Crippen LogP contribution in [0.25, 0.3) is 0 Å². The van der Waals surface area contributed by atoms with E-state index in [2.05, 4.69) is 33.1 Å². The molecule has 0 aliphatic carbocycles. The summed E-state index contributed by atoms with van der Waals surface area (Å²) >= 11 is 0. The zero-order chi connectivity index (χ0) is 14.6. The molecule has 0 N–H and O–H groups in total. The number of fused-ring (bicyclic) bond motifs is 4. The summed E-state index contributed by atoms with van der Waals surface area (Å²) < 4.78 is 1.91. The molecule has 1 saturated heterocycles. The Balaban J connectivity index is 1.66. The Morgan fingerprint density at radius 2 is 2.14 bits per heavy atom. The van der Waals surface area contributed by atoms with E-state index < -0.39 is 0 Å². The molecule has 4 heterocycles. The summed E-state index contributed by atoms with van der Waals surface area (Å²) in [6, 6.07) is 1.11. The minimum atomic E-state index is 0.485. The van der Waals surface area contributed by atoms with E-state index in [-0.39, 0.29) is 0 Å². The van der Waals surface area contributed by atoms with Gasteiger partial charge in [0.2, 0.25) is 0 Å². The van der Waals surface area contributed by atoms with Crippen LogP contribution < -0.4 is 0 Å². The molecule has 0 spiro atoms. The molecule has 5 heteroatoms. The van der Waals surface area contributed by atoms with Crippen molar-refractivity contribution in [3.63, 3.8) is 0 Å². The van der Waals surface area contributed by atoms with Gasteiger partial charge in [-0.25, -0.2) is 9.97 Å². The van der Waals surface area contributed by atoms with E-state index in [0.717, 1.165) is 24.5 Å². The molecule has 110 valence electrons. The fourth-order valence-corrected chi connectivity index (χ4v) is 3.92. The van der Waals surface area contributed by atoms with Crippen LogP contribution in [0.2, 0.25) is 0 Å². The van der Waals surface area contributed by atoms with Gasteiger partial charge in [-0.1, -0.05) is 0 Å². The van der Waals surface area contributed by atoms with Crippen LogP contribution in [0.15, 0.2) is 12.4 Å². The highest BCUT2D eigenvalue weighted by Crippen LogP contribution is 2.43. The number of aromatic nitrogens is 4. The molecule has 5 nitrogen and oxygen atoms in total. The second-order valence-electron chi connectivity index (χ2n) is 6.36. The molecule has 2 aromatic rings. The van der Waals surface area contributed by atoms with Gasteiger partial charge in [0, 0.05) is 55.6 Å².